The van der Waals surface area contributed by atoms with Gasteiger partial charge >= 0.3 is 0 Å². The molecular weight excluding hydrogens is 318 g/mol. The minimum absolute atomic E-state index is 0.0691. The first-order chi connectivity index (χ1) is 8.41. The summed E-state index contributed by atoms with van der Waals surface area (Å²) in [7, 11) is -1.31. The van der Waals surface area contributed by atoms with Crippen molar-refractivity contribution in [3.05, 3.63) is 34.3 Å². The van der Waals surface area contributed by atoms with Gasteiger partial charge in [0.15, 0.2) is 9.84 Å². The summed E-state index contributed by atoms with van der Waals surface area (Å²) in [5.74, 6) is 0.0925. The van der Waals surface area contributed by atoms with Crippen molar-refractivity contribution in [1.82, 2.24) is 4.90 Å². The van der Waals surface area contributed by atoms with Gasteiger partial charge in [0, 0.05) is 17.6 Å². The summed E-state index contributed by atoms with van der Waals surface area (Å²) in [4.78, 5) is 13.8. The van der Waals surface area contributed by atoms with Gasteiger partial charge in [-0.05, 0) is 34.5 Å². The smallest absolute Gasteiger partial charge is 0.255 e. The molecule has 0 N–H and O–H groups in total. The van der Waals surface area contributed by atoms with Crippen molar-refractivity contribution in [2.24, 2.45) is 0 Å². The number of benzene rings is 1. The van der Waals surface area contributed by atoms with E-state index in [0.717, 1.165) is 4.47 Å². The quantitative estimate of drug-likeness (QED) is 0.828. The molecule has 0 saturated carbocycles. The van der Waals surface area contributed by atoms with Crippen LogP contribution in [0.1, 0.15) is 16.8 Å². The molecule has 0 aliphatic carbocycles. The molecule has 0 radical (unpaired) electrons. The summed E-state index contributed by atoms with van der Waals surface area (Å²) in [6.07, 6.45) is 0.523. The van der Waals surface area contributed by atoms with Gasteiger partial charge in [-0.2, -0.15) is 0 Å². The van der Waals surface area contributed by atoms with Crippen molar-refractivity contribution in [1.29, 1.82) is 0 Å². The minimum atomic E-state index is -2.97. The molecule has 1 aromatic rings. The molecule has 0 unspecified atom stereocenters. The van der Waals surface area contributed by atoms with E-state index in [1.165, 1.54) is 4.90 Å². The summed E-state index contributed by atoms with van der Waals surface area (Å²) in [6.45, 7) is 0. The molecule has 2 rings (SSSR count). The van der Waals surface area contributed by atoms with Crippen LogP contribution in [0.4, 0.5) is 0 Å². The second kappa shape index (κ2) is 5.01. The molecule has 1 aliphatic heterocycles. The van der Waals surface area contributed by atoms with Gasteiger partial charge < -0.3 is 4.90 Å². The average molecular weight is 332 g/mol. The number of carbonyl (C=O) groups is 1. The molecule has 1 aromatic carbocycles. The second-order valence-corrected chi connectivity index (χ2v) is 7.54. The lowest BCUT2D eigenvalue weighted by atomic mass is 10.1. The van der Waals surface area contributed by atoms with Crippen molar-refractivity contribution >= 4 is 31.7 Å². The van der Waals surface area contributed by atoms with E-state index in [-0.39, 0.29) is 23.5 Å². The predicted molar refractivity (Wildman–Crippen MR) is 73.3 cm³/mol. The van der Waals surface area contributed by atoms with Crippen molar-refractivity contribution in [3.63, 3.8) is 0 Å². The zero-order valence-corrected chi connectivity index (χ0v) is 12.4. The van der Waals surface area contributed by atoms with Gasteiger partial charge in [0.1, 0.15) is 0 Å². The van der Waals surface area contributed by atoms with E-state index in [1.807, 2.05) is 6.07 Å². The summed E-state index contributed by atoms with van der Waals surface area (Å²) in [5, 5.41) is 0. The minimum Gasteiger partial charge on any atom is -0.338 e. The molecule has 0 aromatic heterocycles. The highest BCUT2D eigenvalue weighted by Gasteiger charge is 2.33. The lowest BCUT2D eigenvalue weighted by Crippen LogP contribution is -2.37. The third-order valence-corrected chi connectivity index (χ3v) is 5.62. The second-order valence-electron chi connectivity index (χ2n) is 4.45. The molecule has 98 valence electrons. The normalized spacial score (nSPS) is 21.8. The third-order valence-electron chi connectivity index (χ3n) is 3.18. The van der Waals surface area contributed by atoms with E-state index in [2.05, 4.69) is 15.9 Å². The van der Waals surface area contributed by atoms with E-state index >= 15 is 0 Å². The lowest BCUT2D eigenvalue weighted by molar-refractivity contribution is 0.0747. The predicted octanol–water partition coefficient (Wildman–Crippen LogP) is 1.71. The maximum absolute atomic E-state index is 12.3. The van der Waals surface area contributed by atoms with E-state index in [4.69, 9.17) is 0 Å². The number of amides is 1. The van der Waals surface area contributed by atoms with Crippen LogP contribution in [0.2, 0.25) is 0 Å². The first-order valence-electron chi connectivity index (χ1n) is 5.63. The Morgan fingerprint density at radius 3 is 2.61 bits per heavy atom. The Bertz CT molecular complexity index is 570. The highest BCUT2D eigenvalue weighted by Crippen LogP contribution is 2.22. The van der Waals surface area contributed by atoms with Crippen LogP contribution in [0.3, 0.4) is 0 Å². The summed E-state index contributed by atoms with van der Waals surface area (Å²) >= 11 is 3.33. The largest absolute Gasteiger partial charge is 0.338 e. The van der Waals surface area contributed by atoms with Gasteiger partial charge in [0.2, 0.25) is 0 Å². The van der Waals surface area contributed by atoms with Gasteiger partial charge in [-0.15, -0.1) is 0 Å². The summed E-state index contributed by atoms with van der Waals surface area (Å²) in [5.41, 5.74) is 0.560. The Labute approximate surface area is 115 Å². The van der Waals surface area contributed by atoms with Crippen molar-refractivity contribution in [2.45, 2.75) is 12.5 Å². The molecule has 6 heteroatoms. The summed E-state index contributed by atoms with van der Waals surface area (Å²) < 4.78 is 23.6. The Morgan fingerprint density at radius 1 is 1.39 bits per heavy atom. The van der Waals surface area contributed by atoms with Gasteiger partial charge in [-0.25, -0.2) is 8.42 Å². The fourth-order valence-corrected chi connectivity index (χ4v) is 4.30. The molecule has 4 nitrogen and oxygen atoms in total. The van der Waals surface area contributed by atoms with Crippen LogP contribution in [0.15, 0.2) is 28.7 Å². The number of carbonyl (C=O) groups excluding carboxylic acids is 1. The molecule has 1 atom stereocenters. The molecule has 0 spiro atoms. The molecule has 1 heterocycles. The zero-order valence-electron chi connectivity index (χ0n) is 9.97. The maximum atomic E-state index is 12.3. The molecular formula is C12H14BrNO3S. The van der Waals surface area contributed by atoms with Crippen LogP contribution in [0.5, 0.6) is 0 Å². The molecule has 18 heavy (non-hydrogen) atoms. The number of hydrogen-bond donors (Lipinski definition) is 0. The van der Waals surface area contributed by atoms with Crippen LogP contribution in [-0.2, 0) is 9.84 Å². The van der Waals surface area contributed by atoms with Crippen LogP contribution in [0, 0.1) is 0 Å². The van der Waals surface area contributed by atoms with Gasteiger partial charge in [0.25, 0.3) is 5.91 Å². The lowest BCUT2D eigenvalue weighted by Gasteiger charge is -2.23. The fourth-order valence-electron chi connectivity index (χ4n) is 2.07. The topological polar surface area (TPSA) is 54.5 Å². The number of rotatable bonds is 2. The SMILES string of the molecule is CN(C(=O)c1ccccc1Br)[C@@H]1CCS(=O)(=O)C1. The fraction of sp³-hybridized carbons (Fsp3) is 0.417. The highest BCUT2D eigenvalue weighted by atomic mass is 79.9. The van der Waals surface area contributed by atoms with Gasteiger partial charge in [0.05, 0.1) is 17.1 Å². The Balaban J connectivity index is 2.18. The molecule has 0 bridgehead atoms. The van der Waals surface area contributed by atoms with Crippen molar-refractivity contribution < 1.29 is 13.2 Å². The molecule has 1 aliphatic rings. The van der Waals surface area contributed by atoms with Crippen molar-refractivity contribution in [3.8, 4) is 0 Å². The first kappa shape index (κ1) is 13.5. The summed E-state index contributed by atoms with van der Waals surface area (Å²) in [6, 6.07) is 6.94. The first-order valence-corrected chi connectivity index (χ1v) is 8.24. The van der Waals surface area contributed by atoms with Crippen molar-refractivity contribution in [2.75, 3.05) is 18.6 Å². The average Bonchev–Trinajstić information content (AvgIpc) is 2.68. The Kier molecular flexibility index (Phi) is 3.77. The molecule has 1 amide bonds. The highest BCUT2D eigenvalue weighted by molar-refractivity contribution is 9.10. The number of sulfone groups is 1. The number of hydrogen-bond acceptors (Lipinski definition) is 3. The Hall–Kier alpha value is -0.880. The third kappa shape index (κ3) is 2.75. The van der Waals surface area contributed by atoms with Crippen LogP contribution >= 0.6 is 15.9 Å². The van der Waals surface area contributed by atoms with E-state index in [9.17, 15) is 13.2 Å². The molecule has 1 fully saturated rings. The van der Waals surface area contributed by atoms with E-state index < -0.39 is 9.84 Å². The van der Waals surface area contributed by atoms with Gasteiger partial charge in [-0.3, -0.25) is 4.79 Å². The monoisotopic (exact) mass is 331 g/mol. The number of halogens is 1. The van der Waals surface area contributed by atoms with Crippen LogP contribution < -0.4 is 0 Å². The maximum Gasteiger partial charge on any atom is 0.255 e. The van der Waals surface area contributed by atoms with E-state index in [0.29, 0.717) is 12.0 Å². The number of nitrogens with zero attached hydrogens (tertiary/aromatic N) is 1. The van der Waals surface area contributed by atoms with Crippen LogP contribution in [0.25, 0.3) is 0 Å². The van der Waals surface area contributed by atoms with Gasteiger partial charge in [-0.1, -0.05) is 12.1 Å². The Morgan fingerprint density at radius 2 is 2.06 bits per heavy atom. The van der Waals surface area contributed by atoms with E-state index in [1.54, 1.807) is 25.2 Å². The standard InChI is InChI=1S/C12H14BrNO3S/c1-14(9-6-7-18(16,17)8-9)12(15)10-4-2-3-5-11(10)13/h2-5,9H,6-8H2,1H3/t9-/m1/s1. The molecule has 1 saturated heterocycles. The zero-order chi connectivity index (χ0) is 13.3. The van der Waals surface area contributed by atoms with Crippen LogP contribution in [-0.4, -0.2) is 43.8 Å².